The highest BCUT2D eigenvalue weighted by atomic mass is 14.8. The second-order valence-electron chi connectivity index (χ2n) is 12.9. The number of hydrogen-bond donors (Lipinski definition) is 0. The van der Waals surface area contributed by atoms with Crippen molar-refractivity contribution < 1.29 is 0 Å². The van der Waals surface area contributed by atoms with Crippen LogP contribution in [0.1, 0.15) is 178 Å². The summed E-state index contributed by atoms with van der Waals surface area (Å²) in [6, 6.07) is 9.50. The van der Waals surface area contributed by atoms with Gasteiger partial charge in [0.1, 0.15) is 0 Å². The lowest BCUT2D eigenvalue weighted by molar-refractivity contribution is 0.604. The number of aliphatic imine (C=N–C) groups is 2. The van der Waals surface area contributed by atoms with Gasteiger partial charge in [-0.2, -0.15) is 0 Å². The van der Waals surface area contributed by atoms with E-state index >= 15 is 0 Å². The maximum Gasteiger partial charge on any atom is 0.0639 e. The van der Waals surface area contributed by atoms with E-state index in [9.17, 15) is 0 Å². The van der Waals surface area contributed by atoms with Crippen LogP contribution < -0.4 is 0 Å². The van der Waals surface area contributed by atoms with Crippen LogP contribution >= 0.6 is 0 Å². The van der Waals surface area contributed by atoms with E-state index in [0.29, 0.717) is 0 Å². The Balaban J connectivity index is 2.37. The van der Waals surface area contributed by atoms with E-state index in [2.05, 4.69) is 72.7 Å². The first-order valence-electron chi connectivity index (χ1n) is 19.0. The van der Waals surface area contributed by atoms with Gasteiger partial charge in [-0.25, -0.2) is 0 Å². The molecule has 0 unspecified atom stereocenters. The molecule has 44 heavy (non-hydrogen) atoms. The maximum atomic E-state index is 5.18. The predicted octanol–water partition coefficient (Wildman–Crippen LogP) is 13.4. The van der Waals surface area contributed by atoms with Gasteiger partial charge < -0.3 is 0 Å². The van der Waals surface area contributed by atoms with Gasteiger partial charge >= 0.3 is 0 Å². The predicted molar refractivity (Wildman–Crippen MR) is 199 cm³/mol. The topological polar surface area (TPSA) is 24.7 Å². The van der Waals surface area contributed by atoms with E-state index in [1.165, 1.54) is 126 Å². The summed E-state index contributed by atoms with van der Waals surface area (Å²) in [5.41, 5.74) is 12.5. The first kappa shape index (κ1) is 38.0. The fourth-order valence-corrected chi connectivity index (χ4v) is 6.48. The monoisotopic (exact) mass is 601 g/mol. The minimum atomic E-state index is 0.882. The Hall–Kier alpha value is -2.22. The van der Waals surface area contributed by atoms with Crippen LogP contribution in [0.2, 0.25) is 0 Å². The van der Waals surface area contributed by atoms with Gasteiger partial charge in [0.05, 0.1) is 17.1 Å². The standard InChI is InChI=1S/C42H68N2/c1-8-15-19-21-22-24-28-42-34(12-5)29-39(31-37(42)26-23-20-16-9-2)43-33-38(14-7)44-40-30-35(13-6)41(27-18-11-4)36(32-40)25-17-10-3/h29-33H,8-28H2,1-7H3. The Morgan fingerprint density at radius 2 is 0.909 bits per heavy atom. The zero-order valence-electron chi connectivity index (χ0n) is 30.1. The van der Waals surface area contributed by atoms with E-state index in [0.717, 1.165) is 42.8 Å². The van der Waals surface area contributed by atoms with Crippen molar-refractivity contribution in [3.63, 3.8) is 0 Å². The summed E-state index contributed by atoms with van der Waals surface area (Å²) in [4.78, 5) is 10.3. The van der Waals surface area contributed by atoms with Gasteiger partial charge in [-0.3, -0.25) is 9.98 Å². The maximum absolute atomic E-state index is 5.18. The molecular formula is C42H68N2. The molecule has 2 aromatic rings. The third-order valence-corrected chi connectivity index (χ3v) is 9.26. The Morgan fingerprint density at radius 3 is 1.50 bits per heavy atom. The summed E-state index contributed by atoms with van der Waals surface area (Å²) in [5.74, 6) is 0. The molecule has 0 spiro atoms. The smallest absolute Gasteiger partial charge is 0.0639 e. The quantitative estimate of drug-likeness (QED) is 0.0845. The van der Waals surface area contributed by atoms with Crippen LogP contribution in [0.5, 0.6) is 0 Å². The van der Waals surface area contributed by atoms with E-state index in [1.807, 2.05) is 6.21 Å². The Morgan fingerprint density at radius 1 is 0.477 bits per heavy atom. The van der Waals surface area contributed by atoms with Crippen LogP contribution in [0.25, 0.3) is 0 Å². The van der Waals surface area contributed by atoms with Crippen LogP contribution in [-0.2, 0) is 38.5 Å². The van der Waals surface area contributed by atoms with Crippen molar-refractivity contribution in [2.24, 2.45) is 9.98 Å². The zero-order chi connectivity index (χ0) is 32.0. The minimum absolute atomic E-state index is 0.882. The molecule has 0 aliphatic carbocycles. The van der Waals surface area contributed by atoms with Crippen LogP contribution in [0.15, 0.2) is 34.3 Å². The molecule has 2 nitrogen and oxygen atoms in total. The lowest BCUT2D eigenvalue weighted by atomic mass is 9.90. The first-order valence-corrected chi connectivity index (χ1v) is 19.0. The highest BCUT2D eigenvalue weighted by molar-refractivity contribution is 6.31. The first-order chi connectivity index (χ1) is 21.5. The molecule has 0 aromatic heterocycles. The number of benzene rings is 2. The normalized spacial score (nSPS) is 12.1. The fourth-order valence-electron chi connectivity index (χ4n) is 6.48. The van der Waals surface area contributed by atoms with Gasteiger partial charge in [0.15, 0.2) is 0 Å². The van der Waals surface area contributed by atoms with E-state index in [4.69, 9.17) is 9.98 Å². The lowest BCUT2D eigenvalue weighted by Crippen LogP contribution is -2.03. The van der Waals surface area contributed by atoms with E-state index in [1.54, 1.807) is 16.7 Å². The van der Waals surface area contributed by atoms with Crippen LogP contribution in [0, 0.1) is 0 Å². The van der Waals surface area contributed by atoms with Gasteiger partial charge in [-0.05, 0) is 128 Å². The summed E-state index contributed by atoms with van der Waals surface area (Å²) >= 11 is 0. The number of nitrogens with zero attached hydrogens (tertiary/aromatic N) is 2. The van der Waals surface area contributed by atoms with Gasteiger partial charge in [-0.1, -0.05) is 113 Å². The number of aryl methyl sites for hydroxylation is 4. The van der Waals surface area contributed by atoms with Crippen molar-refractivity contribution in [1.29, 1.82) is 0 Å². The molecular weight excluding hydrogens is 532 g/mol. The molecule has 0 amide bonds. The SMILES string of the molecule is CCCCCCCCc1c(CC)cc(N=CC(CC)=Nc2cc(CC)c(CCCC)c(CCCC)c2)cc1CCCCCC. The highest BCUT2D eigenvalue weighted by Gasteiger charge is 2.12. The Bertz CT molecular complexity index is 1120. The minimum Gasteiger partial charge on any atom is -0.255 e. The Labute approximate surface area is 273 Å². The van der Waals surface area contributed by atoms with Crippen molar-refractivity contribution in [1.82, 2.24) is 0 Å². The molecule has 246 valence electrons. The van der Waals surface area contributed by atoms with Crippen molar-refractivity contribution in [2.75, 3.05) is 0 Å². The van der Waals surface area contributed by atoms with Gasteiger partial charge in [-0.15, -0.1) is 0 Å². The summed E-state index contributed by atoms with van der Waals surface area (Å²) in [7, 11) is 0. The molecule has 0 saturated heterocycles. The largest absolute Gasteiger partial charge is 0.255 e. The molecule has 0 N–H and O–H groups in total. The molecule has 2 heteroatoms. The molecule has 2 rings (SSSR count). The lowest BCUT2D eigenvalue weighted by Gasteiger charge is -2.16. The summed E-state index contributed by atoms with van der Waals surface area (Å²) < 4.78 is 0. The van der Waals surface area contributed by atoms with Crippen molar-refractivity contribution >= 4 is 23.3 Å². The number of rotatable bonds is 24. The molecule has 0 radical (unpaired) electrons. The molecule has 0 saturated carbocycles. The summed E-state index contributed by atoms with van der Waals surface area (Å²) in [6.07, 6.45) is 28.2. The highest BCUT2D eigenvalue weighted by Crippen LogP contribution is 2.29. The van der Waals surface area contributed by atoms with Gasteiger partial charge in [0, 0.05) is 6.21 Å². The average molecular weight is 601 g/mol. The second kappa shape index (κ2) is 23.2. The molecule has 0 bridgehead atoms. The third-order valence-electron chi connectivity index (χ3n) is 9.26. The fraction of sp³-hybridized carbons (Fsp3) is 0.667. The second-order valence-corrected chi connectivity index (χ2v) is 12.9. The third kappa shape index (κ3) is 13.4. The molecule has 0 aliphatic heterocycles. The van der Waals surface area contributed by atoms with Crippen molar-refractivity contribution in [3.8, 4) is 0 Å². The van der Waals surface area contributed by atoms with E-state index in [-0.39, 0.29) is 0 Å². The molecule has 2 aromatic carbocycles. The van der Waals surface area contributed by atoms with Crippen molar-refractivity contribution in [3.05, 3.63) is 57.6 Å². The van der Waals surface area contributed by atoms with Gasteiger partial charge in [0.25, 0.3) is 0 Å². The van der Waals surface area contributed by atoms with E-state index < -0.39 is 0 Å². The molecule has 0 atom stereocenters. The molecule has 0 heterocycles. The van der Waals surface area contributed by atoms with Gasteiger partial charge in [0.2, 0.25) is 0 Å². The van der Waals surface area contributed by atoms with Crippen LogP contribution in [0.3, 0.4) is 0 Å². The molecule has 0 aliphatic rings. The van der Waals surface area contributed by atoms with Crippen LogP contribution in [0.4, 0.5) is 11.4 Å². The summed E-state index contributed by atoms with van der Waals surface area (Å²) in [5, 5.41) is 0. The summed E-state index contributed by atoms with van der Waals surface area (Å²) in [6.45, 7) is 16.0. The Kier molecular flexibility index (Phi) is 20.0. The zero-order valence-corrected chi connectivity index (χ0v) is 30.1. The van der Waals surface area contributed by atoms with Crippen molar-refractivity contribution in [2.45, 2.75) is 183 Å². The molecule has 0 fully saturated rings. The van der Waals surface area contributed by atoms with Crippen LogP contribution in [-0.4, -0.2) is 11.9 Å². The number of unbranched alkanes of at least 4 members (excludes halogenated alkanes) is 10. The average Bonchev–Trinajstić information content (AvgIpc) is 3.04. The number of hydrogen-bond acceptors (Lipinski definition) is 2.